The lowest BCUT2D eigenvalue weighted by molar-refractivity contribution is -0.145. The summed E-state index contributed by atoms with van der Waals surface area (Å²) < 4.78 is 1.89. The van der Waals surface area contributed by atoms with Gasteiger partial charge in [0.1, 0.15) is 0 Å². The number of hydrogen-bond donors (Lipinski definition) is 1. The lowest BCUT2D eigenvalue weighted by atomic mass is 9.86. The molecule has 0 spiro atoms. The van der Waals surface area contributed by atoms with Crippen LogP contribution in [-0.4, -0.2) is 38.8 Å². The molecule has 1 aliphatic rings. The first-order chi connectivity index (χ1) is 8.50. The van der Waals surface area contributed by atoms with Crippen molar-refractivity contribution in [1.82, 2.24) is 14.7 Å². The maximum absolute atomic E-state index is 11.1. The molecule has 1 aliphatic heterocycles. The zero-order valence-electron chi connectivity index (χ0n) is 11.2. The predicted octanol–water partition coefficient (Wildman–Crippen LogP) is 1.52. The molecule has 0 aromatic carbocycles. The van der Waals surface area contributed by atoms with Crippen molar-refractivity contribution in [1.29, 1.82) is 0 Å². The third-order valence-electron chi connectivity index (χ3n) is 4.09. The predicted molar refractivity (Wildman–Crippen MR) is 68.1 cm³/mol. The molecule has 2 rings (SSSR count). The lowest BCUT2D eigenvalue weighted by Gasteiger charge is -2.38. The third-order valence-corrected chi connectivity index (χ3v) is 4.09. The number of nitrogens with zero attached hydrogens (tertiary/aromatic N) is 3. The molecule has 1 saturated heterocycles. The molecule has 1 aromatic rings. The Balaban J connectivity index is 2.04. The second kappa shape index (κ2) is 5.10. The minimum Gasteiger partial charge on any atom is -0.481 e. The highest BCUT2D eigenvalue weighted by atomic mass is 16.4. The van der Waals surface area contributed by atoms with E-state index in [1.54, 1.807) is 6.20 Å². The van der Waals surface area contributed by atoms with Crippen LogP contribution in [0, 0.1) is 11.8 Å². The molecule has 0 bridgehead atoms. The van der Waals surface area contributed by atoms with Gasteiger partial charge < -0.3 is 5.11 Å². The summed E-state index contributed by atoms with van der Waals surface area (Å²) in [5.74, 6) is -0.651. The Bertz CT molecular complexity index is 430. The molecule has 0 aliphatic carbocycles. The number of rotatable bonds is 3. The van der Waals surface area contributed by atoms with E-state index >= 15 is 0 Å². The van der Waals surface area contributed by atoms with Crippen molar-refractivity contribution in [2.24, 2.45) is 18.9 Å². The monoisotopic (exact) mass is 251 g/mol. The highest BCUT2D eigenvalue weighted by Crippen LogP contribution is 2.29. The van der Waals surface area contributed by atoms with Crippen LogP contribution >= 0.6 is 0 Å². The average molecular weight is 251 g/mol. The maximum Gasteiger partial charge on any atom is 0.306 e. The van der Waals surface area contributed by atoms with Gasteiger partial charge in [0.2, 0.25) is 0 Å². The van der Waals surface area contributed by atoms with Crippen LogP contribution < -0.4 is 0 Å². The van der Waals surface area contributed by atoms with Crippen molar-refractivity contribution >= 4 is 5.97 Å². The molecule has 1 N–H and O–H groups in total. The molecular weight excluding hydrogens is 230 g/mol. The van der Waals surface area contributed by atoms with E-state index in [9.17, 15) is 4.79 Å². The molecule has 0 saturated carbocycles. The molecule has 3 atom stereocenters. The summed E-state index contributed by atoms with van der Waals surface area (Å²) in [6.45, 7) is 5.86. The SMILES string of the molecule is CC1CN(C(C)c2ccnn2C)CCC1C(=O)O. The van der Waals surface area contributed by atoms with Crippen LogP contribution in [0.25, 0.3) is 0 Å². The first-order valence-corrected chi connectivity index (χ1v) is 6.45. The van der Waals surface area contributed by atoms with E-state index in [1.807, 2.05) is 24.7 Å². The van der Waals surface area contributed by atoms with E-state index in [0.717, 1.165) is 19.5 Å². The Labute approximate surface area is 107 Å². The van der Waals surface area contributed by atoms with Gasteiger partial charge in [0.15, 0.2) is 0 Å². The molecule has 18 heavy (non-hydrogen) atoms. The van der Waals surface area contributed by atoms with Crippen LogP contribution in [0.2, 0.25) is 0 Å². The van der Waals surface area contributed by atoms with E-state index in [0.29, 0.717) is 0 Å². The second-order valence-electron chi connectivity index (χ2n) is 5.26. The van der Waals surface area contributed by atoms with Crippen molar-refractivity contribution in [3.63, 3.8) is 0 Å². The van der Waals surface area contributed by atoms with Crippen LogP contribution in [0.4, 0.5) is 0 Å². The number of aromatic nitrogens is 2. The Morgan fingerprint density at radius 1 is 1.61 bits per heavy atom. The fraction of sp³-hybridized carbons (Fsp3) is 0.692. The number of likely N-dealkylation sites (tertiary alicyclic amines) is 1. The molecule has 1 fully saturated rings. The van der Waals surface area contributed by atoms with Gasteiger partial charge in [-0.2, -0.15) is 5.10 Å². The number of aliphatic carboxylic acids is 1. The fourth-order valence-electron chi connectivity index (χ4n) is 2.88. The van der Waals surface area contributed by atoms with Crippen LogP contribution in [0.5, 0.6) is 0 Å². The molecular formula is C13H21N3O2. The van der Waals surface area contributed by atoms with E-state index < -0.39 is 5.97 Å². The highest BCUT2D eigenvalue weighted by Gasteiger charge is 2.33. The van der Waals surface area contributed by atoms with Crippen LogP contribution in [0.1, 0.15) is 32.0 Å². The van der Waals surface area contributed by atoms with Gasteiger partial charge in [-0.3, -0.25) is 14.4 Å². The molecule has 0 amide bonds. The molecule has 5 nitrogen and oxygen atoms in total. The molecule has 3 unspecified atom stereocenters. The summed E-state index contributed by atoms with van der Waals surface area (Å²) in [4.78, 5) is 13.4. The summed E-state index contributed by atoms with van der Waals surface area (Å²) in [7, 11) is 1.94. The summed E-state index contributed by atoms with van der Waals surface area (Å²) in [5.41, 5.74) is 1.18. The van der Waals surface area contributed by atoms with Crippen molar-refractivity contribution < 1.29 is 9.90 Å². The first-order valence-electron chi connectivity index (χ1n) is 6.45. The van der Waals surface area contributed by atoms with Crippen molar-refractivity contribution in [2.75, 3.05) is 13.1 Å². The minimum absolute atomic E-state index is 0.194. The summed E-state index contributed by atoms with van der Waals surface area (Å²) >= 11 is 0. The van der Waals surface area contributed by atoms with Crippen LogP contribution in [-0.2, 0) is 11.8 Å². The number of carboxylic acid groups (broad SMARTS) is 1. The molecule has 100 valence electrons. The summed E-state index contributed by atoms with van der Waals surface area (Å²) in [5, 5.41) is 13.3. The highest BCUT2D eigenvalue weighted by molar-refractivity contribution is 5.70. The molecule has 0 radical (unpaired) electrons. The van der Waals surface area contributed by atoms with Crippen molar-refractivity contribution in [3.8, 4) is 0 Å². The Morgan fingerprint density at radius 3 is 2.83 bits per heavy atom. The van der Waals surface area contributed by atoms with Crippen molar-refractivity contribution in [2.45, 2.75) is 26.3 Å². The zero-order valence-corrected chi connectivity index (χ0v) is 11.2. The van der Waals surface area contributed by atoms with Gasteiger partial charge in [0.25, 0.3) is 0 Å². The Kier molecular flexibility index (Phi) is 3.71. The molecule has 2 heterocycles. The number of carboxylic acids is 1. The minimum atomic E-state index is -0.657. The lowest BCUT2D eigenvalue weighted by Crippen LogP contribution is -2.43. The zero-order chi connectivity index (χ0) is 13.3. The fourth-order valence-corrected chi connectivity index (χ4v) is 2.88. The normalized spacial score (nSPS) is 27.1. The van der Waals surface area contributed by atoms with Gasteiger partial charge in [0, 0.05) is 25.8 Å². The van der Waals surface area contributed by atoms with E-state index in [2.05, 4.69) is 16.9 Å². The number of aryl methyl sites for hydroxylation is 1. The Morgan fingerprint density at radius 2 is 2.33 bits per heavy atom. The van der Waals surface area contributed by atoms with Gasteiger partial charge in [-0.25, -0.2) is 0 Å². The molecule has 5 heteroatoms. The van der Waals surface area contributed by atoms with Gasteiger partial charge in [0.05, 0.1) is 11.6 Å². The first kappa shape index (κ1) is 13.1. The van der Waals surface area contributed by atoms with Crippen LogP contribution in [0.3, 0.4) is 0 Å². The largest absolute Gasteiger partial charge is 0.481 e. The Hall–Kier alpha value is -1.36. The van der Waals surface area contributed by atoms with Gasteiger partial charge >= 0.3 is 5.97 Å². The van der Waals surface area contributed by atoms with Gasteiger partial charge in [-0.05, 0) is 31.9 Å². The molecule has 1 aromatic heterocycles. The van der Waals surface area contributed by atoms with E-state index in [4.69, 9.17) is 5.11 Å². The third kappa shape index (κ3) is 2.41. The smallest absolute Gasteiger partial charge is 0.306 e. The second-order valence-corrected chi connectivity index (χ2v) is 5.26. The average Bonchev–Trinajstić information content (AvgIpc) is 2.74. The number of carbonyl (C=O) groups is 1. The number of piperidine rings is 1. The van der Waals surface area contributed by atoms with Gasteiger partial charge in [-0.15, -0.1) is 0 Å². The topological polar surface area (TPSA) is 58.4 Å². The summed E-state index contributed by atoms with van der Waals surface area (Å²) in [6.07, 6.45) is 2.54. The quantitative estimate of drug-likeness (QED) is 0.885. The standard InChI is InChI=1S/C13H21N3O2/c1-9-8-16(7-5-11(9)13(17)18)10(2)12-4-6-14-15(12)3/h4,6,9-11H,5,7-8H2,1-3H3,(H,17,18). The number of hydrogen-bond acceptors (Lipinski definition) is 3. The van der Waals surface area contributed by atoms with E-state index in [-0.39, 0.29) is 17.9 Å². The summed E-state index contributed by atoms with van der Waals surface area (Å²) in [6, 6.07) is 2.31. The van der Waals surface area contributed by atoms with Gasteiger partial charge in [-0.1, -0.05) is 6.92 Å². The van der Waals surface area contributed by atoms with E-state index in [1.165, 1.54) is 5.69 Å². The maximum atomic E-state index is 11.1. The van der Waals surface area contributed by atoms with Crippen LogP contribution in [0.15, 0.2) is 12.3 Å². The van der Waals surface area contributed by atoms with Crippen molar-refractivity contribution in [3.05, 3.63) is 18.0 Å².